The number of carbonyl (C=O) groups is 2. The Morgan fingerprint density at radius 3 is 2.43 bits per heavy atom. The molecule has 0 saturated carbocycles. The molecule has 2 amide bonds. The highest BCUT2D eigenvalue weighted by Gasteiger charge is 2.32. The molecule has 23 heavy (non-hydrogen) atoms. The number of benzene rings is 1. The molecule has 0 aliphatic carbocycles. The largest absolute Gasteiger partial charge is 0.406 e. The van der Waals surface area contributed by atoms with Crippen molar-refractivity contribution in [2.24, 2.45) is 0 Å². The SMILES string of the molecule is C=CCN(CC(F)(F)F)C(=O)CCCNC(=O)c1ccccc1. The van der Waals surface area contributed by atoms with Crippen molar-refractivity contribution in [2.75, 3.05) is 19.6 Å². The van der Waals surface area contributed by atoms with Crippen LogP contribution in [0.25, 0.3) is 0 Å². The predicted octanol–water partition coefficient (Wildman–Crippen LogP) is 2.77. The lowest BCUT2D eigenvalue weighted by molar-refractivity contribution is -0.160. The Kier molecular flexibility index (Phi) is 7.31. The number of rotatable bonds is 8. The van der Waals surface area contributed by atoms with Gasteiger partial charge in [0, 0.05) is 25.1 Å². The average molecular weight is 328 g/mol. The van der Waals surface area contributed by atoms with Crippen molar-refractivity contribution in [3.8, 4) is 0 Å². The Balaban J connectivity index is 2.37. The summed E-state index contributed by atoms with van der Waals surface area (Å²) >= 11 is 0. The molecule has 0 heterocycles. The summed E-state index contributed by atoms with van der Waals surface area (Å²) < 4.78 is 37.2. The van der Waals surface area contributed by atoms with Gasteiger partial charge in [-0.25, -0.2) is 0 Å². The third kappa shape index (κ3) is 7.49. The summed E-state index contributed by atoms with van der Waals surface area (Å²) in [6.07, 6.45) is -3.00. The summed E-state index contributed by atoms with van der Waals surface area (Å²) in [5.41, 5.74) is 0.490. The van der Waals surface area contributed by atoms with Crippen molar-refractivity contribution in [1.29, 1.82) is 0 Å². The molecule has 0 bridgehead atoms. The average Bonchev–Trinajstić information content (AvgIpc) is 2.50. The molecule has 0 radical (unpaired) electrons. The molecule has 1 aromatic rings. The Bertz CT molecular complexity index is 530. The van der Waals surface area contributed by atoms with E-state index in [1.54, 1.807) is 30.3 Å². The molecule has 0 spiro atoms. The molecule has 1 rings (SSSR count). The van der Waals surface area contributed by atoms with Crippen LogP contribution < -0.4 is 5.32 Å². The van der Waals surface area contributed by atoms with Crippen LogP contribution in [0.3, 0.4) is 0 Å². The summed E-state index contributed by atoms with van der Waals surface area (Å²) in [4.78, 5) is 24.2. The number of halogens is 3. The zero-order valence-electron chi connectivity index (χ0n) is 12.6. The van der Waals surface area contributed by atoms with Crippen LogP contribution in [0.5, 0.6) is 0 Å². The number of nitrogens with zero attached hydrogens (tertiary/aromatic N) is 1. The van der Waals surface area contributed by atoms with Crippen molar-refractivity contribution in [3.63, 3.8) is 0 Å². The molecular weight excluding hydrogens is 309 g/mol. The molecule has 1 N–H and O–H groups in total. The van der Waals surface area contributed by atoms with Crippen molar-refractivity contribution < 1.29 is 22.8 Å². The van der Waals surface area contributed by atoms with Gasteiger partial charge >= 0.3 is 6.18 Å². The van der Waals surface area contributed by atoms with Crippen LogP contribution in [0, 0.1) is 0 Å². The van der Waals surface area contributed by atoms with Gasteiger partial charge in [0.25, 0.3) is 5.91 Å². The summed E-state index contributed by atoms with van der Waals surface area (Å²) in [5.74, 6) is -0.896. The van der Waals surface area contributed by atoms with Crippen LogP contribution in [0.1, 0.15) is 23.2 Å². The van der Waals surface area contributed by atoms with E-state index in [-0.39, 0.29) is 31.8 Å². The van der Waals surface area contributed by atoms with Gasteiger partial charge in [-0.1, -0.05) is 24.3 Å². The number of carbonyl (C=O) groups excluding carboxylic acids is 2. The monoisotopic (exact) mass is 328 g/mol. The third-order valence-electron chi connectivity index (χ3n) is 2.96. The molecule has 0 atom stereocenters. The maximum absolute atomic E-state index is 12.4. The summed E-state index contributed by atoms with van der Waals surface area (Å²) in [7, 11) is 0. The molecule has 0 aliphatic rings. The highest BCUT2D eigenvalue weighted by Crippen LogP contribution is 2.17. The van der Waals surface area contributed by atoms with Gasteiger partial charge in [-0.15, -0.1) is 6.58 Å². The molecule has 126 valence electrons. The van der Waals surface area contributed by atoms with Gasteiger partial charge in [0.05, 0.1) is 0 Å². The fraction of sp³-hybridized carbons (Fsp3) is 0.375. The van der Waals surface area contributed by atoms with E-state index in [1.807, 2.05) is 0 Å². The van der Waals surface area contributed by atoms with Crippen LogP contribution >= 0.6 is 0 Å². The Hall–Kier alpha value is -2.31. The van der Waals surface area contributed by atoms with E-state index < -0.39 is 18.6 Å². The Morgan fingerprint density at radius 1 is 1.22 bits per heavy atom. The normalized spacial score (nSPS) is 10.9. The number of alkyl halides is 3. The second-order valence-electron chi connectivity index (χ2n) is 4.90. The lowest BCUT2D eigenvalue weighted by Gasteiger charge is -2.22. The van der Waals surface area contributed by atoms with E-state index in [2.05, 4.69) is 11.9 Å². The minimum atomic E-state index is -4.44. The molecule has 0 saturated heterocycles. The summed E-state index contributed by atoms with van der Waals surface area (Å²) in [6, 6.07) is 8.53. The summed E-state index contributed by atoms with van der Waals surface area (Å²) in [6.45, 7) is 2.11. The minimum Gasteiger partial charge on any atom is -0.352 e. The maximum atomic E-state index is 12.4. The number of nitrogens with one attached hydrogen (secondary N) is 1. The van der Waals surface area contributed by atoms with Gasteiger partial charge < -0.3 is 10.2 Å². The van der Waals surface area contributed by atoms with Crippen molar-refractivity contribution in [1.82, 2.24) is 10.2 Å². The minimum absolute atomic E-state index is 0.0704. The molecule has 7 heteroatoms. The van der Waals surface area contributed by atoms with Gasteiger partial charge in [0.1, 0.15) is 6.54 Å². The molecule has 0 aromatic heterocycles. The fourth-order valence-corrected chi connectivity index (χ4v) is 1.92. The molecule has 0 aliphatic heterocycles. The van der Waals surface area contributed by atoms with Crippen LogP contribution in [0.2, 0.25) is 0 Å². The zero-order chi connectivity index (χ0) is 17.3. The van der Waals surface area contributed by atoms with E-state index in [4.69, 9.17) is 0 Å². The smallest absolute Gasteiger partial charge is 0.352 e. The molecule has 0 fully saturated rings. The predicted molar refractivity (Wildman–Crippen MR) is 80.8 cm³/mol. The van der Waals surface area contributed by atoms with E-state index >= 15 is 0 Å². The van der Waals surface area contributed by atoms with Gasteiger partial charge in [-0.3, -0.25) is 9.59 Å². The van der Waals surface area contributed by atoms with Gasteiger partial charge in [0.2, 0.25) is 5.91 Å². The second kappa shape index (κ2) is 8.97. The van der Waals surface area contributed by atoms with E-state index in [0.29, 0.717) is 10.5 Å². The first-order valence-electron chi connectivity index (χ1n) is 7.12. The lowest BCUT2D eigenvalue weighted by Crippen LogP contribution is -2.39. The van der Waals surface area contributed by atoms with Gasteiger partial charge in [0.15, 0.2) is 0 Å². The highest BCUT2D eigenvalue weighted by atomic mass is 19.4. The first-order valence-corrected chi connectivity index (χ1v) is 7.12. The quantitative estimate of drug-likeness (QED) is 0.589. The topological polar surface area (TPSA) is 49.4 Å². The van der Waals surface area contributed by atoms with Crippen LogP contribution in [0.15, 0.2) is 43.0 Å². The maximum Gasteiger partial charge on any atom is 0.406 e. The molecule has 0 unspecified atom stereocenters. The van der Waals surface area contributed by atoms with Gasteiger partial charge in [-0.2, -0.15) is 13.2 Å². The second-order valence-corrected chi connectivity index (χ2v) is 4.90. The Labute approximate surface area is 133 Å². The number of amides is 2. The first-order chi connectivity index (χ1) is 10.8. The van der Waals surface area contributed by atoms with Crippen molar-refractivity contribution in [3.05, 3.63) is 48.6 Å². The van der Waals surface area contributed by atoms with Crippen molar-refractivity contribution in [2.45, 2.75) is 19.0 Å². The lowest BCUT2D eigenvalue weighted by atomic mass is 10.2. The third-order valence-corrected chi connectivity index (χ3v) is 2.96. The standard InChI is InChI=1S/C16H19F3N2O2/c1-2-11-21(12-16(17,18)19)14(22)9-6-10-20-15(23)13-7-4-3-5-8-13/h2-5,7-8H,1,6,9-12H2,(H,20,23). The molecule has 4 nitrogen and oxygen atoms in total. The molecule has 1 aromatic carbocycles. The zero-order valence-corrected chi connectivity index (χ0v) is 12.6. The van der Waals surface area contributed by atoms with Gasteiger partial charge in [-0.05, 0) is 18.6 Å². The molecular formula is C16H19F3N2O2. The summed E-state index contributed by atoms with van der Waals surface area (Å²) in [5, 5.41) is 2.62. The first kappa shape index (κ1) is 18.7. The van der Waals surface area contributed by atoms with Crippen molar-refractivity contribution >= 4 is 11.8 Å². The van der Waals surface area contributed by atoms with Crippen LogP contribution in [0.4, 0.5) is 13.2 Å². The highest BCUT2D eigenvalue weighted by molar-refractivity contribution is 5.94. The Morgan fingerprint density at radius 2 is 1.87 bits per heavy atom. The van der Waals surface area contributed by atoms with Crippen LogP contribution in [-0.2, 0) is 4.79 Å². The number of hydrogen-bond donors (Lipinski definition) is 1. The van der Waals surface area contributed by atoms with Crippen LogP contribution in [-0.4, -0.2) is 42.5 Å². The fourth-order valence-electron chi connectivity index (χ4n) is 1.92. The van der Waals surface area contributed by atoms with E-state index in [9.17, 15) is 22.8 Å². The van der Waals surface area contributed by atoms with E-state index in [0.717, 1.165) is 0 Å². The number of hydrogen-bond acceptors (Lipinski definition) is 2. The van der Waals surface area contributed by atoms with E-state index in [1.165, 1.54) is 6.08 Å².